The molecule has 0 N–H and O–H groups in total. The van der Waals surface area contributed by atoms with Gasteiger partial charge in [-0.2, -0.15) is 0 Å². The van der Waals surface area contributed by atoms with Crippen molar-refractivity contribution in [3.63, 3.8) is 0 Å². The number of carbonyl (C=O) groups is 2. The first-order chi connectivity index (χ1) is 13.5. The fraction of sp³-hybridized carbons (Fsp3) is 0.391. The summed E-state index contributed by atoms with van der Waals surface area (Å²) in [6.07, 6.45) is 0.848. The van der Waals surface area contributed by atoms with E-state index in [-0.39, 0.29) is 24.4 Å². The van der Waals surface area contributed by atoms with Gasteiger partial charge in [0.25, 0.3) is 0 Å². The van der Waals surface area contributed by atoms with Crippen LogP contribution in [0.1, 0.15) is 33.3 Å². The van der Waals surface area contributed by atoms with E-state index in [4.69, 9.17) is 0 Å². The van der Waals surface area contributed by atoms with Gasteiger partial charge in [-0.3, -0.25) is 9.59 Å². The van der Waals surface area contributed by atoms with Crippen LogP contribution in [0.2, 0.25) is 0 Å². The second-order valence-corrected chi connectivity index (χ2v) is 7.24. The van der Waals surface area contributed by atoms with Crippen LogP contribution in [0.4, 0.5) is 17.1 Å². The number of nitrogens with zero attached hydrogens (tertiary/aromatic N) is 3. The highest BCUT2D eigenvalue weighted by molar-refractivity contribution is 6.04. The van der Waals surface area contributed by atoms with Crippen molar-refractivity contribution in [1.29, 1.82) is 0 Å². The Morgan fingerprint density at radius 3 is 2.21 bits per heavy atom. The summed E-state index contributed by atoms with van der Waals surface area (Å²) in [5.41, 5.74) is 4.00. The van der Waals surface area contributed by atoms with Crippen molar-refractivity contribution >= 4 is 28.9 Å². The average Bonchev–Trinajstić information content (AvgIpc) is 3.03. The molecule has 2 aromatic rings. The molecule has 2 aromatic carbocycles. The van der Waals surface area contributed by atoms with Crippen LogP contribution >= 0.6 is 0 Å². The molecular formula is C23H29N3O2. The first-order valence-electron chi connectivity index (χ1n) is 9.99. The van der Waals surface area contributed by atoms with Crippen molar-refractivity contribution in [2.75, 3.05) is 34.3 Å². The van der Waals surface area contributed by atoms with Gasteiger partial charge in [0.05, 0.1) is 0 Å². The predicted octanol–water partition coefficient (Wildman–Crippen LogP) is 3.86. The summed E-state index contributed by atoms with van der Waals surface area (Å²) in [5, 5.41) is 0. The summed E-state index contributed by atoms with van der Waals surface area (Å²) >= 11 is 0. The molecule has 148 valence electrons. The molecule has 3 rings (SSSR count). The van der Waals surface area contributed by atoms with Crippen molar-refractivity contribution in [3.05, 3.63) is 54.1 Å². The molecule has 0 bridgehead atoms. The van der Waals surface area contributed by atoms with Gasteiger partial charge in [-0.25, -0.2) is 0 Å². The molecule has 28 heavy (non-hydrogen) atoms. The third-order valence-corrected chi connectivity index (χ3v) is 5.44. The van der Waals surface area contributed by atoms with Crippen molar-refractivity contribution in [2.45, 2.75) is 40.2 Å². The van der Waals surface area contributed by atoms with Gasteiger partial charge in [0.15, 0.2) is 0 Å². The zero-order chi connectivity index (χ0) is 20.3. The highest BCUT2D eigenvalue weighted by atomic mass is 16.2. The monoisotopic (exact) mass is 379 g/mol. The summed E-state index contributed by atoms with van der Waals surface area (Å²) in [7, 11) is 0. The number of carbonyl (C=O) groups excluding carboxylic acids is 2. The molecule has 1 unspecified atom stereocenters. The Morgan fingerprint density at radius 1 is 1.00 bits per heavy atom. The minimum Gasteiger partial charge on any atom is -0.372 e. The molecule has 5 heteroatoms. The highest BCUT2D eigenvalue weighted by Crippen LogP contribution is 2.32. The summed E-state index contributed by atoms with van der Waals surface area (Å²) in [4.78, 5) is 31.0. The summed E-state index contributed by atoms with van der Waals surface area (Å²) < 4.78 is 0. The van der Waals surface area contributed by atoms with Gasteiger partial charge >= 0.3 is 0 Å². The predicted molar refractivity (Wildman–Crippen MR) is 115 cm³/mol. The molecule has 0 saturated heterocycles. The third kappa shape index (κ3) is 3.88. The SMILES string of the molecule is CCN(CC)c1ccc(N(CC(=O)N2c3ccccc3CC2C)C(C)=O)cc1. The van der Waals surface area contributed by atoms with Crippen LogP contribution < -0.4 is 14.7 Å². The lowest BCUT2D eigenvalue weighted by Crippen LogP contribution is -2.44. The topological polar surface area (TPSA) is 43.9 Å². The van der Waals surface area contributed by atoms with Crippen LogP contribution in [-0.2, 0) is 16.0 Å². The number of hydrogen-bond acceptors (Lipinski definition) is 3. The van der Waals surface area contributed by atoms with E-state index in [1.807, 2.05) is 47.4 Å². The smallest absolute Gasteiger partial charge is 0.247 e. The van der Waals surface area contributed by atoms with E-state index < -0.39 is 0 Å². The Kier molecular flexibility index (Phi) is 6.02. The molecule has 5 nitrogen and oxygen atoms in total. The van der Waals surface area contributed by atoms with E-state index in [9.17, 15) is 9.59 Å². The molecule has 0 saturated carbocycles. The Morgan fingerprint density at radius 2 is 1.61 bits per heavy atom. The Bertz CT molecular complexity index is 843. The van der Waals surface area contributed by atoms with Gasteiger partial charge in [-0.1, -0.05) is 18.2 Å². The Hall–Kier alpha value is -2.82. The minimum absolute atomic E-state index is 0.0403. The van der Waals surface area contributed by atoms with E-state index in [1.165, 1.54) is 12.5 Å². The Labute approximate surface area is 167 Å². The first-order valence-corrected chi connectivity index (χ1v) is 9.99. The van der Waals surface area contributed by atoms with Gasteiger partial charge in [-0.15, -0.1) is 0 Å². The maximum absolute atomic E-state index is 13.1. The number of amides is 2. The maximum Gasteiger partial charge on any atom is 0.247 e. The Balaban J connectivity index is 1.80. The molecule has 0 aromatic heterocycles. The fourth-order valence-electron chi connectivity index (χ4n) is 3.97. The number of benzene rings is 2. The van der Waals surface area contributed by atoms with E-state index in [1.54, 1.807) is 4.90 Å². The van der Waals surface area contributed by atoms with Crippen LogP contribution in [0.25, 0.3) is 0 Å². The molecular weight excluding hydrogens is 350 g/mol. The maximum atomic E-state index is 13.1. The highest BCUT2D eigenvalue weighted by Gasteiger charge is 2.32. The van der Waals surface area contributed by atoms with Gasteiger partial charge in [0.1, 0.15) is 6.54 Å². The molecule has 1 atom stereocenters. The summed E-state index contributed by atoms with van der Waals surface area (Å²) in [6.45, 7) is 9.69. The quantitative estimate of drug-likeness (QED) is 0.765. The summed E-state index contributed by atoms with van der Waals surface area (Å²) in [5.74, 6) is -0.190. The van der Waals surface area contributed by atoms with E-state index in [2.05, 4.69) is 31.7 Å². The molecule has 0 radical (unpaired) electrons. The van der Waals surface area contributed by atoms with E-state index >= 15 is 0 Å². The van der Waals surface area contributed by atoms with Crippen LogP contribution in [0, 0.1) is 0 Å². The van der Waals surface area contributed by atoms with E-state index in [0.717, 1.165) is 36.6 Å². The number of anilines is 3. The van der Waals surface area contributed by atoms with Crippen molar-refractivity contribution < 1.29 is 9.59 Å². The zero-order valence-electron chi connectivity index (χ0n) is 17.2. The van der Waals surface area contributed by atoms with Crippen molar-refractivity contribution in [2.24, 2.45) is 0 Å². The molecule has 0 fully saturated rings. The molecule has 0 spiro atoms. The summed E-state index contributed by atoms with van der Waals surface area (Å²) in [6, 6.07) is 16.0. The van der Waals surface area contributed by atoms with Crippen molar-refractivity contribution in [3.8, 4) is 0 Å². The number of hydrogen-bond donors (Lipinski definition) is 0. The lowest BCUT2D eigenvalue weighted by molar-refractivity contribution is -0.121. The van der Waals surface area contributed by atoms with Crippen LogP contribution in [0.3, 0.4) is 0 Å². The fourth-order valence-corrected chi connectivity index (χ4v) is 3.97. The number of rotatable bonds is 6. The van der Waals surface area contributed by atoms with Gasteiger partial charge in [0, 0.05) is 43.1 Å². The number of para-hydroxylation sites is 1. The molecule has 0 aliphatic carbocycles. The zero-order valence-corrected chi connectivity index (χ0v) is 17.2. The molecule has 2 amide bonds. The lowest BCUT2D eigenvalue weighted by Gasteiger charge is -2.28. The van der Waals surface area contributed by atoms with Crippen LogP contribution in [-0.4, -0.2) is 37.5 Å². The normalized spacial score (nSPS) is 15.3. The standard InChI is InChI=1S/C23H29N3O2/c1-5-24(6-2)20-11-13-21(14-12-20)25(18(4)27)16-23(28)26-17(3)15-19-9-7-8-10-22(19)26/h7-14,17H,5-6,15-16H2,1-4H3. The first kappa shape index (κ1) is 19.9. The largest absolute Gasteiger partial charge is 0.372 e. The number of fused-ring (bicyclic) bond motifs is 1. The molecule has 1 aliphatic rings. The minimum atomic E-state index is -0.135. The second kappa shape index (κ2) is 8.46. The second-order valence-electron chi connectivity index (χ2n) is 7.24. The van der Waals surface area contributed by atoms with Crippen LogP contribution in [0.5, 0.6) is 0 Å². The van der Waals surface area contributed by atoms with Gasteiger partial charge in [-0.05, 0) is 63.1 Å². The lowest BCUT2D eigenvalue weighted by atomic mass is 10.1. The molecule has 1 aliphatic heterocycles. The van der Waals surface area contributed by atoms with Gasteiger partial charge < -0.3 is 14.7 Å². The van der Waals surface area contributed by atoms with Gasteiger partial charge in [0.2, 0.25) is 11.8 Å². The average molecular weight is 380 g/mol. The molecule has 1 heterocycles. The van der Waals surface area contributed by atoms with Crippen molar-refractivity contribution in [1.82, 2.24) is 0 Å². The third-order valence-electron chi connectivity index (χ3n) is 5.44. The van der Waals surface area contributed by atoms with Crippen LogP contribution in [0.15, 0.2) is 48.5 Å². The van der Waals surface area contributed by atoms with E-state index in [0.29, 0.717) is 0 Å².